The van der Waals surface area contributed by atoms with Crippen LogP contribution in [0.2, 0.25) is 0 Å². The molecule has 7 atom stereocenters. The maximum Gasteiger partial charge on any atom is 0.274 e. The normalized spacial score (nSPS) is 19.7. The Morgan fingerprint density at radius 3 is 2.04 bits per heavy atom. The fraction of sp³-hybridized carbons (Fsp3) is 0.553. The summed E-state index contributed by atoms with van der Waals surface area (Å²) in [5.74, 6) is -1.60. The molecule has 1 fully saturated rings. The van der Waals surface area contributed by atoms with Gasteiger partial charge in [0.05, 0.1) is 33.8 Å². The van der Waals surface area contributed by atoms with E-state index in [0.717, 1.165) is 80.4 Å². The molecule has 25 nitrogen and oxygen atoms in total. The fourth-order valence-electron chi connectivity index (χ4n) is 6.80. The van der Waals surface area contributed by atoms with Crippen LogP contribution >= 0.6 is 35.2 Å². The zero-order valence-electron chi connectivity index (χ0n) is 42.5. The van der Waals surface area contributed by atoms with E-state index >= 15 is 0 Å². The molecule has 0 bridgehead atoms. The van der Waals surface area contributed by atoms with Gasteiger partial charge in [0.1, 0.15) is 42.0 Å². The van der Waals surface area contributed by atoms with E-state index in [1.54, 1.807) is 0 Å². The number of rotatable bonds is 37. The summed E-state index contributed by atoms with van der Waals surface area (Å²) >= 11 is 0.905. The summed E-state index contributed by atoms with van der Waals surface area (Å²) in [6.45, 7) is 2.01. The first-order valence-corrected chi connectivity index (χ1v) is 29.7. The zero-order valence-corrected chi connectivity index (χ0v) is 46.0. The van der Waals surface area contributed by atoms with Gasteiger partial charge in [-0.05, 0) is 57.8 Å². The molecule has 2 unspecified atom stereocenters. The van der Waals surface area contributed by atoms with Crippen LogP contribution in [-0.4, -0.2) is 109 Å². The quantitative estimate of drug-likeness (QED) is 0.0280. The molecule has 1 aliphatic rings. The lowest BCUT2D eigenvalue weighted by Gasteiger charge is -2.36. The Kier molecular flexibility index (Phi) is 29.4. The SMILES string of the molecule is CC/C=C\C/C=C\C/C=C\C/C=C\C/C=C\C/C=C\CCCCC(=O)CC(=O)SCCNC(=O)CCNC(=O)[C@H](O)C(C)(C)COP(=O)([O-])OP(=O)([O-])OC[C@H]1O[C@@H](n2cnc3c(N)ncnc32)[C@H](O)[C@@H]1OP(=O)([O-])[O-]. The van der Waals surface area contributed by atoms with Crippen molar-refractivity contribution in [2.45, 2.75) is 128 Å². The smallest absolute Gasteiger partial charge is 0.274 e. The molecule has 424 valence electrons. The maximum absolute atomic E-state index is 12.7. The number of nitrogen functional groups attached to an aromatic ring is 1. The van der Waals surface area contributed by atoms with Gasteiger partial charge in [-0.3, -0.25) is 32.9 Å². The molecule has 3 heterocycles. The molecule has 0 spiro atoms. The minimum absolute atomic E-state index is 0.0288. The summed E-state index contributed by atoms with van der Waals surface area (Å²) in [6, 6.07) is 0. The van der Waals surface area contributed by atoms with Crippen LogP contribution in [0.25, 0.3) is 11.2 Å². The van der Waals surface area contributed by atoms with Crippen molar-refractivity contribution < 1.29 is 85.3 Å². The Bertz CT molecular complexity index is 2520. The van der Waals surface area contributed by atoms with Crippen molar-refractivity contribution >= 4 is 74.9 Å². The van der Waals surface area contributed by atoms with Gasteiger partial charge in [-0.25, -0.2) is 19.3 Å². The summed E-state index contributed by atoms with van der Waals surface area (Å²) in [7, 11) is -17.7. The molecule has 1 aliphatic heterocycles. The summed E-state index contributed by atoms with van der Waals surface area (Å²) in [6.07, 6.45) is 26.0. The number of phosphoric acid groups is 3. The molecular formula is C47H68N7O18P3S-4. The number of aromatic nitrogens is 4. The van der Waals surface area contributed by atoms with Gasteiger partial charge < -0.3 is 69.0 Å². The second kappa shape index (κ2) is 33.8. The highest BCUT2D eigenvalue weighted by Crippen LogP contribution is 2.56. The molecule has 2 amide bonds. The lowest BCUT2D eigenvalue weighted by molar-refractivity contribution is -0.347. The van der Waals surface area contributed by atoms with E-state index < -0.39 is 84.6 Å². The van der Waals surface area contributed by atoms with Gasteiger partial charge >= 0.3 is 0 Å². The van der Waals surface area contributed by atoms with E-state index in [1.807, 2.05) is 0 Å². The van der Waals surface area contributed by atoms with E-state index in [4.69, 9.17) is 10.5 Å². The number of imidazole rings is 1. The highest BCUT2D eigenvalue weighted by molar-refractivity contribution is 8.13. The summed E-state index contributed by atoms with van der Waals surface area (Å²) in [5.41, 5.74) is 4.04. The van der Waals surface area contributed by atoms with E-state index in [0.29, 0.717) is 12.8 Å². The lowest BCUT2D eigenvalue weighted by Crippen LogP contribution is -2.46. The van der Waals surface area contributed by atoms with Crippen LogP contribution in [0.15, 0.2) is 85.6 Å². The molecule has 0 aliphatic carbocycles. The second-order valence-electron chi connectivity index (χ2n) is 17.6. The van der Waals surface area contributed by atoms with Crippen LogP contribution < -0.4 is 35.9 Å². The first kappa shape index (κ1) is 66.0. The molecule has 2 aromatic rings. The molecule has 29 heteroatoms. The number of carbonyl (C=O) groups excluding carboxylic acids is 4. The van der Waals surface area contributed by atoms with Crippen molar-refractivity contribution in [3.63, 3.8) is 0 Å². The standard InChI is InChI=1S/C47H72N7O18P3S/c1-4-5-6-7-8-9-10-11-12-13-14-15-16-17-18-19-20-21-22-23-24-25-35(55)30-38(57)76-29-28-49-37(56)26-27-50-45(60)42(59)47(2,3)32-69-75(66,67)72-74(64,65)68-31-36-41(71-73(61,62)63)40(58)46(70-36)54-34-53-39-43(48)51-33-52-44(39)54/h5-6,8-9,11-12,14-15,17-18,20-21,33-34,36,40-42,46,58-59H,4,7,10,13,16,19,22-32H2,1-3H3,(H,49,56)(H,50,60)(H,64,65)(H,66,67)(H2,48,51,52)(H2,61,62,63)/p-4/b6-5-,9-8-,12-11-,15-14-,18-17-,21-20-/t36-,40-,41-,42+,46-/m1/s1. The van der Waals surface area contributed by atoms with Gasteiger partial charge in [-0.1, -0.05) is 105 Å². The predicted molar refractivity (Wildman–Crippen MR) is 275 cm³/mol. The van der Waals surface area contributed by atoms with Gasteiger partial charge in [-0.15, -0.1) is 0 Å². The lowest BCUT2D eigenvalue weighted by atomic mass is 9.87. The highest BCUT2D eigenvalue weighted by atomic mass is 32.2. The number of hydrogen-bond donors (Lipinski definition) is 5. The van der Waals surface area contributed by atoms with E-state index in [1.165, 1.54) is 13.8 Å². The molecule has 0 saturated carbocycles. The number of carbonyl (C=O) groups is 4. The topological polar surface area (TPSA) is 392 Å². The Morgan fingerprint density at radius 2 is 1.43 bits per heavy atom. The molecule has 0 radical (unpaired) electrons. The van der Waals surface area contributed by atoms with Crippen molar-refractivity contribution in [3.8, 4) is 0 Å². The van der Waals surface area contributed by atoms with Gasteiger partial charge in [0.2, 0.25) is 11.8 Å². The van der Waals surface area contributed by atoms with Crippen LogP contribution in [-0.2, 0) is 55.5 Å². The van der Waals surface area contributed by atoms with Crippen molar-refractivity contribution in [1.82, 2.24) is 30.2 Å². The number of thioether (sulfide) groups is 1. The Morgan fingerprint density at radius 1 is 0.842 bits per heavy atom. The minimum Gasteiger partial charge on any atom is -0.790 e. The van der Waals surface area contributed by atoms with Crippen LogP contribution in [0, 0.1) is 5.41 Å². The molecular weight excluding hydrogens is 1080 g/mol. The maximum atomic E-state index is 12.7. The number of allylic oxidation sites excluding steroid dienone is 12. The van der Waals surface area contributed by atoms with Gasteiger partial charge in [0.15, 0.2) is 22.8 Å². The van der Waals surface area contributed by atoms with Crippen molar-refractivity contribution in [3.05, 3.63) is 85.6 Å². The average molecular weight is 1140 g/mol. The number of fused-ring (bicyclic) bond motifs is 1. The van der Waals surface area contributed by atoms with Crippen LogP contribution in [0.1, 0.15) is 104 Å². The van der Waals surface area contributed by atoms with Gasteiger partial charge in [0.25, 0.3) is 15.6 Å². The van der Waals surface area contributed by atoms with Crippen LogP contribution in [0.5, 0.6) is 0 Å². The van der Waals surface area contributed by atoms with Crippen LogP contribution in [0.3, 0.4) is 0 Å². The summed E-state index contributed by atoms with van der Waals surface area (Å²) in [5, 5.41) is 26.0. The highest BCUT2D eigenvalue weighted by Gasteiger charge is 2.47. The predicted octanol–water partition coefficient (Wildman–Crippen LogP) is 3.35. The third-order valence-corrected chi connectivity index (χ3v) is 14.6. The van der Waals surface area contributed by atoms with Crippen LogP contribution in [0.4, 0.5) is 5.82 Å². The van der Waals surface area contributed by atoms with E-state index in [2.05, 4.69) is 123 Å². The number of phosphoric ester groups is 3. The number of amides is 2. The Balaban J connectivity index is 1.26. The molecule has 76 heavy (non-hydrogen) atoms. The molecule has 1 saturated heterocycles. The van der Waals surface area contributed by atoms with Gasteiger partial charge in [-0.2, -0.15) is 0 Å². The summed E-state index contributed by atoms with van der Waals surface area (Å²) < 4.78 is 60.9. The number of ether oxygens (including phenoxy) is 1. The second-order valence-corrected chi connectivity index (χ2v) is 22.8. The number of anilines is 1. The number of Topliss-reactive ketones (excluding diaryl/α,β-unsaturated/α-hetero) is 1. The largest absolute Gasteiger partial charge is 0.790 e. The van der Waals surface area contributed by atoms with Crippen molar-refractivity contribution in [2.75, 3.05) is 37.8 Å². The number of nitrogens with one attached hydrogen (secondary N) is 2. The molecule has 6 N–H and O–H groups in total. The number of nitrogens with zero attached hydrogens (tertiary/aromatic N) is 4. The van der Waals surface area contributed by atoms with Crippen molar-refractivity contribution in [2.24, 2.45) is 5.41 Å². The number of unbranched alkanes of at least 4 members (excludes halogenated alkanes) is 2. The first-order chi connectivity index (χ1) is 35.9. The Hall–Kier alpha value is -4.33. The number of aliphatic hydroxyl groups excluding tert-OH is 2. The molecule has 3 rings (SSSR count). The average Bonchev–Trinajstić information content (AvgIpc) is 3.91. The van der Waals surface area contributed by atoms with Gasteiger partial charge in [0, 0.05) is 37.1 Å². The van der Waals surface area contributed by atoms with Crippen molar-refractivity contribution in [1.29, 1.82) is 0 Å². The Labute approximate surface area is 446 Å². The first-order valence-electron chi connectivity index (χ1n) is 24.3. The fourth-order valence-corrected chi connectivity index (χ4v) is 10.2. The zero-order chi connectivity index (χ0) is 56.2. The van der Waals surface area contributed by atoms with E-state index in [9.17, 15) is 62.7 Å². The summed E-state index contributed by atoms with van der Waals surface area (Å²) in [4.78, 5) is 109. The number of hydrogen-bond acceptors (Lipinski definition) is 23. The number of ketones is 1. The number of aliphatic hydroxyl groups is 2. The third kappa shape index (κ3) is 25.9. The van der Waals surface area contributed by atoms with E-state index in [-0.39, 0.29) is 59.6 Å². The minimum atomic E-state index is -5.94. The molecule has 2 aromatic heterocycles. The molecule has 0 aromatic carbocycles. The third-order valence-electron chi connectivity index (χ3n) is 10.8. The number of nitrogens with two attached hydrogens (primary N) is 1. The monoisotopic (exact) mass is 1140 g/mol.